The first-order valence-corrected chi connectivity index (χ1v) is 7.35. The lowest BCUT2D eigenvalue weighted by Gasteiger charge is -2.38. The molecule has 6 nitrogen and oxygen atoms in total. The summed E-state index contributed by atoms with van der Waals surface area (Å²) in [6.07, 6.45) is 3.88. The van der Waals surface area contributed by atoms with Crippen LogP contribution in [0.25, 0.3) is 0 Å². The lowest BCUT2D eigenvalue weighted by Crippen LogP contribution is -2.50. The fraction of sp³-hybridized carbons (Fsp3) is 0.857. The van der Waals surface area contributed by atoms with Crippen LogP contribution in [0.15, 0.2) is 0 Å². The maximum absolute atomic E-state index is 11.8. The zero-order valence-electron chi connectivity index (χ0n) is 12.3. The van der Waals surface area contributed by atoms with Crippen molar-refractivity contribution in [3.05, 3.63) is 0 Å². The van der Waals surface area contributed by atoms with Gasteiger partial charge in [0.05, 0.1) is 0 Å². The molecule has 0 aromatic heterocycles. The molecule has 2 fully saturated rings. The summed E-state index contributed by atoms with van der Waals surface area (Å²) in [5, 5.41) is 14.5. The average molecular weight is 283 g/mol. The Bertz CT molecular complexity index is 374. The molecule has 1 saturated heterocycles. The van der Waals surface area contributed by atoms with Crippen molar-refractivity contribution in [1.29, 1.82) is 0 Å². The second kappa shape index (κ2) is 5.99. The SMILES string of the molecule is CN1CCC(C)(CNC(=O)NC(C(=O)O)C2CC2)CC1. The van der Waals surface area contributed by atoms with Gasteiger partial charge in [-0.25, -0.2) is 9.59 Å². The van der Waals surface area contributed by atoms with Crippen molar-refractivity contribution in [3.8, 4) is 0 Å². The molecule has 1 atom stereocenters. The van der Waals surface area contributed by atoms with Gasteiger partial charge in [0.25, 0.3) is 0 Å². The van der Waals surface area contributed by atoms with Gasteiger partial charge in [-0.1, -0.05) is 6.92 Å². The van der Waals surface area contributed by atoms with Crippen LogP contribution in [0.5, 0.6) is 0 Å². The second-order valence-corrected chi connectivity index (χ2v) is 6.59. The summed E-state index contributed by atoms with van der Waals surface area (Å²) in [7, 11) is 2.10. The van der Waals surface area contributed by atoms with E-state index in [1.54, 1.807) is 0 Å². The summed E-state index contributed by atoms with van der Waals surface area (Å²) in [5.74, 6) is -0.828. The number of carboxylic acids is 1. The number of likely N-dealkylation sites (tertiary alicyclic amines) is 1. The standard InChI is InChI=1S/C14H25N3O3/c1-14(5-7-17(2)8-6-14)9-15-13(20)16-11(12(18)19)10-3-4-10/h10-11H,3-9H2,1-2H3,(H,18,19)(H2,15,16,20). The third kappa shape index (κ3) is 4.10. The molecule has 1 saturated carbocycles. The molecule has 3 N–H and O–H groups in total. The zero-order chi connectivity index (χ0) is 14.8. The molecular formula is C14H25N3O3. The fourth-order valence-electron chi connectivity index (χ4n) is 2.63. The van der Waals surface area contributed by atoms with Gasteiger partial charge in [0, 0.05) is 6.54 Å². The Hall–Kier alpha value is -1.30. The Labute approximate surface area is 119 Å². The molecule has 0 bridgehead atoms. The van der Waals surface area contributed by atoms with E-state index < -0.39 is 12.0 Å². The van der Waals surface area contributed by atoms with Gasteiger partial charge in [-0.15, -0.1) is 0 Å². The summed E-state index contributed by atoms with van der Waals surface area (Å²) < 4.78 is 0. The largest absolute Gasteiger partial charge is 0.480 e. The topological polar surface area (TPSA) is 81.7 Å². The van der Waals surface area contributed by atoms with Crippen LogP contribution in [-0.2, 0) is 4.79 Å². The van der Waals surface area contributed by atoms with Crippen LogP contribution in [0.1, 0.15) is 32.6 Å². The third-order valence-corrected chi connectivity index (χ3v) is 4.52. The number of carboxylic acid groups (broad SMARTS) is 1. The molecule has 0 radical (unpaired) electrons. The highest BCUT2D eigenvalue weighted by Crippen LogP contribution is 2.33. The minimum atomic E-state index is -0.937. The van der Waals surface area contributed by atoms with Gasteiger partial charge in [0.1, 0.15) is 6.04 Å². The van der Waals surface area contributed by atoms with Crippen molar-refractivity contribution < 1.29 is 14.7 Å². The maximum Gasteiger partial charge on any atom is 0.326 e. The second-order valence-electron chi connectivity index (χ2n) is 6.59. The fourth-order valence-corrected chi connectivity index (χ4v) is 2.63. The van der Waals surface area contributed by atoms with Crippen LogP contribution in [0.2, 0.25) is 0 Å². The van der Waals surface area contributed by atoms with Gasteiger partial charge in [-0.05, 0) is 57.2 Å². The first-order valence-electron chi connectivity index (χ1n) is 7.35. The highest BCUT2D eigenvalue weighted by Gasteiger charge is 2.37. The number of carbonyl (C=O) groups is 2. The normalized spacial score (nSPS) is 23.9. The van der Waals surface area contributed by atoms with E-state index in [0.717, 1.165) is 38.8 Å². The van der Waals surface area contributed by atoms with E-state index in [-0.39, 0.29) is 17.4 Å². The summed E-state index contributed by atoms with van der Waals surface area (Å²) in [6, 6.07) is -1.09. The molecule has 0 aromatic carbocycles. The Kier molecular flexibility index (Phi) is 4.52. The number of hydrogen-bond donors (Lipinski definition) is 3. The first kappa shape index (κ1) is 15.1. The Morgan fingerprint density at radius 2 is 1.95 bits per heavy atom. The molecule has 0 aromatic rings. The third-order valence-electron chi connectivity index (χ3n) is 4.52. The van der Waals surface area contributed by atoms with Crippen LogP contribution >= 0.6 is 0 Å². The van der Waals surface area contributed by atoms with Crippen molar-refractivity contribution in [2.75, 3.05) is 26.7 Å². The van der Waals surface area contributed by atoms with E-state index in [2.05, 4.69) is 29.5 Å². The van der Waals surface area contributed by atoms with E-state index in [9.17, 15) is 9.59 Å². The maximum atomic E-state index is 11.8. The predicted octanol–water partition coefficient (Wildman–Crippen LogP) is 0.881. The van der Waals surface area contributed by atoms with E-state index in [1.807, 2.05) is 0 Å². The van der Waals surface area contributed by atoms with Gasteiger partial charge < -0.3 is 20.6 Å². The molecule has 0 spiro atoms. The minimum absolute atomic E-state index is 0.108. The number of piperidine rings is 1. The first-order chi connectivity index (χ1) is 9.39. The highest BCUT2D eigenvalue weighted by atomic mass is 16.4. The van der Waals surface area contributed by atoms with E-state index in [1.165, 1.54) is 0 Å². The van der Waals surface area contributed by atoms with Crippen molar-refractivity contribution in [3.63, 3.8) is 0 Å². The Morgan fingerprint density at radius 3 is 2.45 bits per heavy atom. The van der Waals surface area contributed by atoms with Crippen molar-refractivity contribution >= 4 is 12.0 Å². The number of aliphatic carboxylic acids is 1. The number of nitrogens with zero attached hydrogens (tertiary/aromatic N) is 1. The monoisotopic (exact) mass is 283 g/mol. The van der Waals surface area contributed by atoms with E-state index >= 15 is 0 Å². The van der Waals surface area contributed by atoms with Crippen molar-refractivity contribution in [2.24, 2.45) is 11.3 Å². The van der Waals surface area contributed by atoms with Gasteiger partial charge in [0.2, 0.25) is 0 Å². The molecule has 1 aliphatic carbocycles. The molecule has 1 unspecified atom stereocenters. The lowest BCUT2D eigenvalue weighted by atomic mass is 9.80. The van der Waals surface area contributed by atoms with Crippen LogP contribution in [0.4, 0.5) is 4.79 Å². The molecule has 6 heteroatoms. The molecule has 2 aliphatic rings. The van der Waals surface area contributed by atoms with Gasteiger partial charge in [-0.2, -0.15) is 0 Å². The van der Waals surface area contributed by atoms with Crippen molar-refractivity contribution in [2.45, 2.75) is 38.6 Å². The van der Waals surface area contributed by atoms with Gasteiger partial charge in [0.15, 0.2) is 0 Å². The molecule has 1 aliphatic heterocycles. The van der Waals surface area contributed by atoms with Crippen LogP contribution in [0.3, 0.4) is 0 Å². The van der Waals surface area contributed by atoms with E-state index in [4.69, 9.17) is 5.11 Å². The zero-order valence-corrected chi connectivity index (χ0v) is 12.3. The summed E-state index contributed by atoms with van der Waals surface area (Å²) in [6.45, 7) is 4.86. The average Bonchev–Trinajstić information content (AvgIpc) is 3.22. The van der Waals surface area contributed by atoms with Crippen LogP contribution in [-0.4, -0.2) is 54.7 Å². The number of nitrogens with one attached hydrogen (secondary N) is 2. The smallest absolute Gasteiger partial charge is 0.326 e. The van der Waals surface area contributed by atoms with E-state index in [0.29, 0.717) is 6.54 Å². The van der Waals surface area contributed by atoms with Gasteiger partial charge in [-0.3, -0.25) is 0 Å². The quantitative estimate of drug-likeness (QED) is 0.699. The summed E-state index contributed by atoms with van der Waals surface area (Å²) in [4.78, 5) is 25.2. The molecule has 114 valence electrons. The van der Waals surface area contributed by atoms with Crippen LogP contribution < -0.4 is 10.6 Å². The number of carbonyl (C=O) groups excluding carboxylic acids is 1. The lowest BCUT2D eigenvalue weighted by molar-refractivity contribution is -0.139. The van der Waals surface area contributed by atoms with Crippen molar-refractivity contribution in [1.82, 2.24) is 15.5 Å². The predicted molar refractivity (Wildman–Crippen MR) is 75.5 cm³/mol. The summed E-state index contributed by atoms with van der Waals surface area (Å²) in [5.41, 5.74) is 0.113. The molecule has 2 amide bonds. The molecule has 1 heterocycles. The molecule has 2 rings (SSSR count). The number of rotatable bonds is 5. The Morgan fingerprint density at radius 1 is 1.35 bits per heavy atom. The summed E-state index contributed by atoms with van der Waals surface area (Å²) >= 11 is 0. The highest BCUT2D eigenvalue weighted by molar-refractivity contribution is 5.83. The molecule has 20 heavy (non-hydrogen) atoms. The van der Waals surface area contributed by atoms with Crippen LogP contribution in [0, 0.1) is 11.3 Å². The number of urea groups is 1. The Balaban J connectivity index is 1.75. The molecular weight excluding hydrogens is 258 g/mol. The number of amides is 2. The minimum Gasteiger partial charge on any atom is -0.480 e. The number of hydrogen-bond acceptors (Lipinski definition) is 3. The van der Waals surface area contributed by atoms with Gasteiger partial charge >= 0.3 is 12.0 Å².